The molecule has 0 radical (unpaired) electrons. The van der Waals surface area contributed by atoms with Gasteiger partial charge in [0.2, 0.25) is 0 Å². The highest BCUT2D eigenvalue weighted by Gasteiger charge is 2.48. The number of Topliss-reactive ketones (excluding diaryl/α,β-unsaturated/α-hetero) is 1. The van der Waals surface area contributed by atoms with Gasteiger partial charge in [0.25, 0.3) is 11.5 Å². The Hall–Kier alpha value is -4.44. The Kier molecular flexibility index (Phi) is 5.60. The van der Waals surface area contributed by atoms with Gasteiger partial charge < -0.3 is 5.11 Å². The summed E-state index contributed by atoms with van der Waals surface area (Å²) in [5.74, 6) is -2.95. The van der Waals surface area contributed by atoms with Crippen molar-refractivity contribution in [1.29, 1.82) is 0 Å². The average Bonchev–Trinajstić information content (AvgIpc) is 3.38. The van der Waals surface area contributed by atoms with Crippen LogP contribution in [-0.2, 0) is 9.59 Å². The summed E-state index contributed by atoms with van der Waals surface area (Å²) in [6.45, 7) is 3.82. The quantitative estimate of drug-likeness (QED) is 0.128. The topological polar surface area (TPSA) is 114 Å². The second kappa shape index (κ2) is 8.65. The van der Waals surface area contributed by atoms with Crippen molar-refractivity contribution in [2.45, 2.75) is 19.9 Å². The van der Waals surface area contributed by atoms with Crippen LogP contribution in [0.4, 0.5) is 15.2 Å². The zero-order chi connectivity index (χ0) is 25.7. The van der Waals surface area contributed by atoms with Crippen LogP contribution in [0.2, 0.25) is 0 Å². The zero-order valence-corrected chi connectivity index (χ0v) is 19.9. The number of nitrogens with zero attached hydrogens (tertiary/aromatic N) is 3. The number of aryl methyl sites for hydroxylation is 2. The lowest BCUT2D eigenvalue weighted by atomic mass is 9.95. The van der Waals surface area contributed by atoms with Crippen LogP contribution in [0.3, 0.4) is 0 Å². The van der Waals surface area contributed by atoms with Gasteiger partial charge in [-0.15, -0.1) is 0 Å². The summed E-state index contributed by atoms with van der Waals surface area (Å²) in [5.41, 5.74) is 2.43. The van der Waals surface area contributed by atoms with Crippen LogP contribution in [0.25, 0.3) is 16.0 Å². The lowest BCUT2D eigenvalue weighted by molar-refractivity contribution is -0.384. The molecule has 0 bridgehead atoms. The standard InChI is InChI=1S/C26H18FN3O5S/c1-13-10-14(2)21-19(11-13)36-26(28-21)29-22(16-4-3-5-18(12-16)30(34)35)20(24(32)25(29)33)23(31)15-6-8-17(27)9-7-15/h3-12,22,31H,1-2H3/t22-/m0/s1. The average molecular weight is 504 g/mol. The first-order chi connectivity index (χ1) is 17.2. The van der Waals surface area contributed by atoms with E-state index >= 15 is 0 Å². The molecule has 3 aromatic carbocycles. The van der Waals surface area contributed by atoms with Gasteiger partial charge in [-0.1, -0.05) is 29.5 Å². The van der Waals surface area contributed by atoms with Gasteiger partial charge in [-0.05, 0) is 60.9 Å². The number of thiazole rings is 1. The van der Waals surface area contributed by atoms with Crippen LogP contribution >= 0.6 is 11.3 Å². The first-order valence-electron chi connectivity index (χ1n) is 10.8. The molecule has 1 atom stereocenters. The SMILES string of the molecule is Cc1cc(C)c2nc(N3C(=O)C(=O)C(=C(O)c4ccc(F)cc4)[C@@H]3c3cccc([N+](=O)[O-])c3)sc2c1. The summed E-state index contributed by atoms with van der Waals surface area (Å²) < 4.78 is 14.3. The van der Waals surface area contributed by atoms with Crippen molar-refractivity contribution in [3.63, 3.8) is 0 Å². The number of aliphatic hydroxyl groups excluding tert-OH is 1. The van der Waals surface area contributed by atoms with Crippen molar-refractivity contribution in [3.05, 3.63) is 104 Å². The molecule has 4 aromatic rings. The summed E-state index contributed by atoms with van der Waals surface area (Å²) in [7, 11) is 0. The Morgan fingerprint density at radius 2 is 1.83 bits per heavy atom. The van der Waals surface area contributed by atoms with Crippen LogP contribution in [0.15, 0.2) is 66.2 Å². The smallest absolute Gasteiger partial charge is 0.301 e. The Morgan fingerprint density at radius 3 is 2.53 bits per heavy atom. The minimum atomic E-state index is -1.18. The van der Waals surface area contributed by atoms with Gasteiger partial charge in [-0.3, -0.25) is 24.6 Å². The molecular weight excluding hydrogens is 485 g/mol. The van der Waals surface area contributed by atoms with Gasteiger partial charge in [-0.2, -0.15) is 0 Å². The molecule has 36 heavy (non-hydrogen) atoms. The number of rotatable bonds is 4. The summed E-state index contributed by atoms with van der Waals surface area (Å²) >= 11 is 1.20. The van der Waals surface area contributed by atoms with Crippen LogP contribution in [0.1, 0.15) is 28.3 Å². The van der Waals surface area contributed by atoms with Crippen LogP contribution in [0.5, 0.6) is 0 Å². The number of ketones is 1. The predicted octanol–water partition coefficient (Wildman–Crippen LogP) is 5.59. The van der Waals surface area contributed by atoms with E-state index in [1.165, 1.54) is 47.7 Å². The van der Waals surface area contributed by atoms with Gasteiger partial charge in [0.05, 0.1) is 26.8 Å². The molecule has 180 valence electrons. The Bertz CT molecular complexity index is 1610. The van der Waals surface area contributed by atoms with Gasteiger partial charge in [-0.25, -0.2) is 9.37 Å². The number of aromatic nitrogens is 1. The molecule has 0 saturated carbocycles. The highest BCUT2D eigenvalue weighted by Crippen LogP contribution is 2.45. The molecule has 1 amide bonds. The van der Waals surface area contributed by atoms with Crippen molar-refractivity contribution in [2.75, 3.05) is 4.90 Å². The summed E-state index contributed by atoms with van der Waals surface area (Å²) in [6.07, 6.45) is 0. The highest BCUT2D eigenvalue weighted by molar-refractivity contribution is 7.22. The van der Waals surface area contributed by atoms with E-state index < -0.39 is 34.2 Å². The number of benzene rings is 3. The number of anilines is 1. The predicted molar refractivity (Wildman–Crippen MR) is 133 cm³/mol. The molecular formula is C26H18FN3O5S. The summed E-state index contributed by atoms with van der Waals surface area (Å²) in [6, 6.07) is 13.0. The van der Waals surface area contributed by atoms with E-state index in [4.69, 9.17) is 0 Å². The molecule has 1 N–H and O–H groups in total. The second-order valence-electron chi connectivity index (χ2n) is 8.45. The molecule has 1 aliphatic rings. The van der Waals surface area contributed by atoms with Gasteiger partial charge in [0, 0.05) is 17.7 Å². The van der Waals surface area contributed by atoms with Gasteiger partial charge >= 0.3 is 5.91 Å². The summed E-state index contributed by atoms with van der Waals surface area (Å²) in [5, 5.41) is 22.8. The van der Waals surface area contributed by atoms with E-state index in [0.29, 0.717) is 5.52 Å². The molecule has 1 fully saturated rings. The maximum absolute atomic E-state index is 13.5. The number of halogens is 1. The number of non-ortho nitro benzene ring substituents is 1. The maximum Gasteiger partial charge on any atom is 0.301 e. The number of nitro groups is 1. The number of hydrogen-bond acceptors (Lipinski definition) is 7. The van der Waals surface area contributed by atoms with Crippen LogP contribution in [0, 0.1) is 29.8 Å². The first-order valence-corrected chi connectivity index (χ1v) is 11.7. The maximum atomic E-state index is 13.5. The van der Waals surface area contributed by atoms with Gasteiger partial charge in [0.1, 0.15) is 11.6 Å². The third-order valence-corrected chi connectivity index (χ3v) is 6.99. The Balaban J connectivity index is 1.76. The van der Waals surface area contributed by atoms with Crippen LogP contribution in [-0.4, -0.2) is 26.7 Å². The Morgan fingerprint density at radius 1 is 1.11 bits per heavy atom. The lowest BCUT2D eigenvalue weighted by Crippen LogP contribution is -2.29. The van der Waals surface area contributed by atoms with E-state index in [2.05, 4.69) is 4.98 Å². The van der Waals surface area contributed by atoms with Crippen molar-refractivity contribution in [3.8, 4) is 0 Å². The third-order valence-electron chi connectivity index (χ3n) is 5.98. The van der Waals surface area contributed by atoms with E-state index in [1.54, 1.807) is 0 Å². The normalized spacial score (nSPS) is 17.2. The third kappa shape index (κ3) is 3.81. The minimum Gasteiger partial charge on any atom is -0.507 e. The molecule has 1 aliphatic heterocycles. The van der Waals surface area contributed by atoms with E-state index in [-0.39, 0.29) is 27.5 Å². The van der Waals surface area contributed by atoms with Crippen LogP contribution < -0.4 is 4.90 Å². The van der Waals surface area contributed by atoms with Crippen molar-refractivity contribution in [2.24, 2.45) is 0 Å². The molecule has 1 saturated heterocycles. The number of nitro benzene ring substituents is 1. The second-order valence-corrected chi connectivity index (χ2v) is 9.46. The molecule has 8 nitrogen and oxygen atoms in total. The molecule has 0 aliphatic carbocycles. The number of fused-ring (bicyclic) bond motifs is 1. The first kappa shape index (κ1) is 23.3. The van der Waals surface area contributed by atoms with E-state index in [9.17, 15) is 29.2 Å². The lowest BCUT2D eigenvalue weighted by Gasteiger charge is -2.22. The Labute approximate surface area is 208 Å². The van der Waals surface area contributed by atoms with E-state index in [0.717, 1.165) is 32.9 Å². The summed E-state index contributed by atoms with van der Waals surface area (Å²) in [4.78, 5) is 43.3. The fourth-order valence-corrected chi connectivity index (χ4v) is 5.55. The monoisotopic (exact) mass is 503 g/mol. The largest absolute Gasteiger partial charge is 0.507 e. The van der Waals surface area contributed by atoms with Crippen molar-refractivity contribution >= 4 is 49.8 Å². The van der Waals surface area contributed by atoms with Crippen molar-refractivity contribution < 1.29 is 24.0 Å². The fourth-order valence-electron chi connectivity index (χ4n) is 4.38. The number of amides is 1. The van der Waals surface area contributed by atoms with Gasteiger partial charge in [0.15, 0.2) is 5.13 Å². The number of hydrogen-bond donors (Lipinski definition) is 1. The van der Waals surface area contributed by atoms with E-state index in [1.807, 2.05) is 26.0 Å². The molecule has 0 spiro atoms. The zero-order valence-electron chi connectivity index (χ0n) is 19.1. The number of carbonyl (C=O) groups is 2. The molecule has 10 heteroatoms. The minimum absolute atomic E-state index is 0.126. The number of aliphatic hydroxyl groups is 1. The molecule has 5 rings (SSSR count). The highest BCUT2D eigenvalue weighted by atomic mass is 32.1. The fraction of sp³-hybridized carbons (Fsp3) is 0.115. The molecule has 2 heterocycles. The number of carbonyl (C=O) groups excluding carboxylic acids is 2. The molecule has 0 unspecified atom stereocenters. The van der Waals surface area contributed by atoms with Crippen molar-refractivity contribution in [1.82, 2.24) is 4.98 Å². The molecule has 1 aromatic heterocycles.